The molecule has 15 heavy (non-hydrogen) atoms. The maximum atomic E-state index is 10.2. The van der Waals surface area contributed by atoms with Crippen LogP contribution in [0.1, 0.15) is 27.7 Å². The molecule has 5 heteroatoms. The molecule has 0 aromatic rings. The number of ketones is 2. The first-order valence-electron chi connectivity index (χ1n) is 4.45. The SMILES string of the molecule is CC(=O)C(C)Cl.CO.COC(C)C(C)=O. The Kier molecular flexibility index (Phi) is 18.1. The van der Waals surface area contributed by atoms with E-state index >= 15 is 0 Å². The number of methoxy groups -OCH3 is 1. The normalized spacial score (nSPS) is 12.3. The van der Waals surface area contributed by atoms with Crippen LogP contribution in [0.4, 0.5) is 0 Å². The zero-order valence-corrected chi connectivity index (χ0v) is 11.0. The molecule has 0 aliphatic heterocycles. The van der Waals surface area contributed by atoms with E-state index in [1.165, 1.54) is 21.0 Å². The predicted octanol–water partition coefficient (Wildman–Crippen LogP) is 1.42. The maximum absolute atomic E-state index is 10.2. The lowest BCUT2D eigenvalue weighted by atomic mass is 10.3. The number of halogens is 1. The van der Waals surface area contributed by atoms with Gasteiger partial charge in [0, 0.05) is 14.2 Å². The van der Waals surface area contributed by atoms with Crippen molar-refractivity contribution in [1.82, 2.24) is 0 Å². The lowest BCUT2D eigenvalue weighted by Gasteiger charge is -2.00. The van der Waals surface area contributed by atoms with E-state index in [-0.39, 0.29) is 23.0 Å². The van der Waals surface area contributed by atoms with Crippen molar-refractivity contribution < 1.29 is 19.4 Å². The standard InChI is InChI=1S/C5H10O2.C4H7ClO.CH4O/c1-4(6)5(2)7-3;1-3(5)4(2)6;1-2/h5H,1-3H3;3H,1-2H3;2H,1H3. The predicted molar refractivity (Wildman–Crippen MR) is 61.3 cm³/mol. The number of aliphatic hydroxyl groups excluding tert-OH is 1. The molecular formula is C10H21ClO4. The van der Waals surface area contributed by atoms with Crippen LogP contribution < -0.4 is 0 Å². The topological polar surface area (TPSA) is 63.6 Å². The van der Waals surface area contributed by atoms with Crippen LogP contribution >= 0.6 is 11.6 Å². The highest BCUT2D eigenvalue weighted by Crippen LogP contribution is 1.91. The summed E-state index contributed by atoms with van der Waals surface area (Å²) in [6, 6.07) is 0. The summed E-state index contributed by atoms with van der Waals surface area (Å²) in [6.45, 7) is 6.36. The second kappa shape index (κ2) is 13.5. The fourth-order valence-electron chi connectivity index (χ4n) is 0.166. The molecule has 2 unspecified atom stereocenters. The van der Waals surface area contributed by atoms with Gasteiger partial charge in [0.2, 0.25) is 0 Å². The fraction of sp³-hybridized carbons (Fsp3) is 0.800. The number of rotatable bonds is 3. The van der Waals surface area contributed by atoms with Crippen molar-refractivity contribution in [3.8, 4) is 0 Å². The number of carbonyl (C=O) groups excluding carboxylic acids is 2. The summed E-state index contributed by atoms with van der Waals surface area (Å²) < 4.78 is 4.66. The van der Waals surface area contributed by atoms with E-state index in [4.69, 9.17) is 16.7 Å². The van der Waals surface area contributed by atoms with Crippen LogP contribution in [0.5, 0.6) is 0 Å². The maximum Gasteiger partial charge on any atom is 0.158 e. The zero-order valence-electron chi connectivity index (χ0n) is 10.2. The molecule has 0 radical (unpaired) electrons. The molecule has 0 aliphatic carbocycles. The summed E-state index contributed by atoms with van der Waals surface area (Å²) in [6.07, 6.45) is -0.236. The van der Waals surface area contributed by atoms with E-state index in [9.17, 15) is 9.59 Å². The molecule has 0 rings (SSSR count). The van der Waals surface area contributed by atoms with Crippen molar-refractivity contribution in [2.45, 2.75) is 39.2 Å². The van der Waals surface area contributed by atoms with Gasteiger partial charge in [-0.3, -0.25) is 9.59 Å². The number of aliphatic hydroxyl groups is 1. The summed E-state index contributed by atoms with van der Waals surface area (Å²) in [7, 11) is 2.52. The van der Waals surface area contributed by atoms with Crippen molar-refractivity contribution in [2.24, 2.45) is 0 Å². The number of carbonyl (C=O) groups is 2. The molecule has 0 aromatic carbocycles. The van der Waals surface area contributed by atoms with Gasteiger partial charge in [-0.1, -0.05) is 0 Å². The van der Waals surface area contributed by atoms with Crippen molar-refractivity contribution >= 4 is 23.2 Å². The smallest absolute Gasteiger partial charge is 0.158 e. The third-order valence-corrected chi connectivity index (χ3v) is 1.79. The van der Waals surface area contributed by atoms with Gasteiger partial charge >= 0.3 is 0 Å². The van der Waals surface area contributed by atoms with Crippen LogP contribution in [0.25, 0.3) is 0 Å². The highest BCUT2D eigenvalue weighted by molar-refractivity contribution is 6.30. The van der Waals surface area contributed by atoms with Crippen molar-refractivity contribution in [3.05, 3.63) is 0 Å². The molecule has 0 amide bonds. The van der Waals surface area contributed by atoms with Crippen LogP contribution in [-0.2, 0) is 14.3 Å². The van der Waals surface area contributed by atoms with Crippen molar-refractivity contribution in [2.75, 3.05) is 14.2 Å². The van der Waals surface area contributed by atoms with Crippen LogP contribution in [0, 0.1) is 0 Å². The number of alkyl halides is 1. The quantitative estimate of drug-likeness (QED) is 0.758. The van der Waals surface area contributed by atoms with Gasteiger partial charge in [0.1, 0.15) is 11.9 Å². The van der Waals surface area contributed by atoms with Gasteiger partial charge in [-0.15, -0.1) is 11.6 Å². The second-order valence-electron chi connectivity index (χ2n) is 2.72. The van der Waals surface area contributed by atoms with Crippen molar-refractivity contribution in [3.63, 3.8) is 0 Å². The number of hydrogen-bond donors (Lipinski definition) is 1. The molecule has 0 fully saturated rings. The molecular weight excluding hydrogens is 220 g/mol. The van der Waals surface area contributed by atoms with Crippen LogP contribution in [0.3, 0.4) is 0 Å². The fourth-order valence-corrected chi connectivity index (χ4v) is 0.166. The first-order chi connectivity index (χ1) is 6.82. The van der Waals surface area contributed by atoms with Gasteiger partial charge in [-0.05, 0) is 27.7 Å². The minimum Gasteiger partial charge on any atom is -0.400 e. The Morgan fingerprint density at radius 3 is 1.40 bits per heavy atom. The minimum absolute atomic E-state index is 0.0247. The minimum atomic E-state index is -0.315. The highest BCUT2D eigenvalue weighted by Gasteiger charge is 2.01. The molecule has 0 bridgehead atoms. The van der Waals surface area contributed by atoms with E-state index in [2.05, 4.69) is 4.74 Å². The molecule has 0 saturated heterocycles. The lowest BCUT2D eigenvalue weighted by Crippen LogP contribution is -2.14. The van der Waals surface area contributed by atoms with E-state index in [0.29, 0.717) is 0 Å². The number of ether oxygens (including phenoxy) is 1. The Morgan fingerprint density at radius 2 is 1.40 bits per heavy atom. The lowest BCUT2D eigenvalue weighted by molar-refractivity contribution is -0.125. The molecule has 0 aromatic heterocycles. The summed E-state index contributed by atoms with van der Waals surface area (Å²) >= 11 is 5.26. The Balaban J connectivity index is -0.000000166. The Bertz CT molecular complexity index is 169. The molecule has 0 spiro atoms. The van der Waals surface area contributed by atoms with E-state index in [1.807, 2.05) is 0 Å². The van der Waals surface area contributed by atoms with Gasteiger partial charge < -0.3 is 9.84 Å². The second-order valence-corrected chi connectivity index (χ2v) is 3.37. The summed E-state index contributed by atoms with van der Waals surface area (Å²) in [5.74, 6) is 0.0965. The first kappa shape index (κ1) is 20.0. The van der Waals surface area contributed by atoms with Gasteiger partial charge in [0.05, 0.1) is 5.38 Å². The third kappa shape index (κ3) is 19.8. The molecule has 4 nitrogen and oxygen atoms in total. The average molecular weight is 241 g/mol. The number of hydrogen-bond acceptors (Lipinski definition) is 4. The Morgan fingerprint density at radius 1 is 1.13 bits per heavy atom. The van der Waals surface area contributed by atoms with E-state index < -0.39 is 0 Å². The van der Waals surface area contributed by atoms with Gasteiger partial charge in [0.15, 0.2) is 5.78 Å². The molecule has 0 saturated carbocycles. The summed E-state index contributed by atoms with van der Waals surface area (Å²) in [5.41, 5.74) is 0. The average Bonchev–Trinajstić information content (AvgIpc) is 2.20. The Labute approximate surface area is 96.6 Å². The van der Waals surface area contributed by atoms with Crippen LogP contribution in [0.2, 0.25) is 0 Å². The zero-order chi connectivity index (χ0) is 13.0. The van der Waals surface area contributed by atoms with E-state index in [0.717, 1.165) is 7.11 Å². The molecule has 0 heterocycles. The van der Waals surface area contributed by atoms with Gasteiger partial charge in [0.25, 0.3) is 0 Å². The van der Waals surface area contributed by atoms with Gasteiger partial charge in [-0.25, -0.2) is 0 Å². The monoisotopic (exact) mass is 240 g/mol. The molecule has 2 atom stereocenters. The summed E-state index contributed by atoms with van der Waals surface area (Å²) in [5, 5.41) is 6.69. The molecule has 92 valence electrons. The van der Waals surface area contributed by atoms with Gasteiger partial charge in [-0.2, -0.15) is 0 Å². The number of Topliss-reactive ketones (excluding diaryl/α,β-unsaturated/α-hetero) is 2. The van der Waals surface area contributed by atoms with Crippen LogP contribution in [-0.4, -0.2) is 42.4 Å². The summed E-state index contributed by atoms with van der Waals surface area (Å²) in [4.78, 5) is 20.3. The molecule has 0 aliphatic rings. The first-order valence-corrected chi connectivity index (χ1v) is 4.89. The highest BCUT2D eigenvalue weighted by atomic mass is 35.5. The largest absolute Gasteiger partial charge is 0.400 e. The molecule has 1 N–H and O–H groups in total. The Hall–Kier alpha value is -0.450. The van der Waals surface area contributed by atoms with E-state index in [1.54, 1.807) is 13.8 Å². The van der Waals surface area contributed by atoms with Crippen LogP contribution in [0.15, 0.2) is 0 Å². The van der Waals surface area contributed by atoms with Crippen molar-refractivity contribution in [1.29, 1.82) is 0 Å². The third-order valence-electron chi connectivity index (χ3n) is 1.49.